The third-order valence-electron chi connectivity index (χ3n) is 7.33. The van der Waals surface area contributed by atoms with Crippen molar-refractivity contribution in [2.24, 2.45) is 0 Å². The van der Waals surface area contributed by atoms with Crippen LogP contribution in [0, 0.1) is 0 Å². The monoisotopic (exact) mass is 515 g/mol. The van der Waals surface area contributed by atoms with Crippen molar-refractivity contribution in [3.63, 3.8) is 0 Å². The molecule has 0 amide bonds. The van der Waals surface area contributed by atoms with E-state index in [-0.39, 0.29) is 0 Å². The molecule has 0 aliphatic rings. The van der Waals surface area contributed by atoms with E-state index in [1.54, 1.807) is 6.20 Å². The molecule has 0 spiro atoms. The summed E-state index contributed by atoms with van der Waals surface area (Å²) in [4.78, 5) is 14.5. The fourth-order valence-electron chi connectivity index (χ4n) is 5.53. The van der Waals surface area contributed by atoms with Gasteiger partial charge in [0.15, 0.2) is 0 Å². The smallest absolute Gasteiger partial charge is 0.0893 e. The number of aromatic nitrogens is 3. The minimum absolute atomic E-state index is 0.867. The summed E-state index contributed by atoms with van der Waals surface area (Å²) >= 11 is 1.85. The highest BCUT2D eigenvalue weighted by atomic mass is 32.1. The van der Waals surface area contributed by atoms with Gasteiger partial charge in [0.25, 0.3) is 0 Å². The second kappa shape index (κ2) is 8.83. The molecule has 0 atom stereocenters. The number of benzene rings is 4. The number of thiophene rings is 1. The lowest BCUT2D eigenvalue weighted by Gasteiger charge is -2.12. The molecule has 0 bridgehead atoms. The van der Waals surface area contributed by atoms with Gasteiger partial charge in [0.2, 0.25) is 0 Å². The first-order valence-electron chi connectivity index (χ1n) is 13.0. The number of fused-ring (bicyclic) bond motifs is 7. The zero-order valence-corrected chi connectivity index (χ0v) is 21.7. The van der Waals surface area contributed by atoms with Crippen molar-refractivity contribution in [3.05, 3.63) is 128 Å². The van der Waals surface area contributed by atoms with Crippen LogP contribution >= 0.6 is 11.3 Å². The molecule has 0 unspecified atom stereocenters. The van der Waals surface area contributed by atoms with Crippen LogP contribution in [0.25, 0.3) is 75.8 Å². The molecule has 0 aliphatic heterocycles. The molecule has 0 aliphatic carbocycles. The maximum Gasteiger partial charge on any atom is 0.0893 e. The second-order valence-corrected chi connectivity index (χ2v) is 10.7. The van der Waals surface area contributed by atoms with E-state index >= 15 is 0 Å². The van der Waals surface area contributed by atoms with E-state index < -0.39 is 0 Å². The van der Waals surface area contributed by atoms with Gasteiger partial charge in [-0.3, -0.25) is 4.98 Å². The van der Waals surface area contributed by atoms with Crippen LogP contribution < -0.4 is 0 Å². The van der Waals surface area contributed by atoms with Gasteiger partial charge >= 0.3 is 0 Å². The highest BCUT2D eigenvalue weighted by molar-refractivity contribution is 7.26. The zero-order chi connectivity index (χ0) is 25.8. The number of nitrogens with zero attached hydrogens (tertiary/aromatic N) is 3. The molecule has 3 nitrogen and oxygen atoms in total. The summed E-state index contributed by atoms with van der Waals surface area (Å²) < 4.78 is 2.62. The lowest BCUT2D eigenvalue weighted by Crippen LogP contribution is -1.92. The fraction of sp³-hybridized carbons (Fsp3) is 0. The van der Waals surface area contributed by atoms with Crippen LogP contribution in [0.4, 0.5) is 0 Å². The van der Waals surface area contributed by atoms with Crippen molar-refractivity contribution in [1.29, 1.82) is 0 Å². The Morgan fingerprint density at radius 3 is 2.05 bits per heavy atom. The number of rotatable bonds is 3. The molecule has 4 heteroatoms. The molecular weight excluding hydrogens is 494 g/mol. The molecule has 4 heterocycles. The van der Waals surface area contributed by atoms with Crippen molar-refractivity contribution < 1.29 is 0 Å². The molecule has 182 valence electrons. The number of para-hydroxylation sites is 1. The lowest BCUT2D eigenvalue weighted by atomic mass is 9.96. The molecule has 4 aromatic carbocycles. The molecule has 8 aromatic rings. The molecule has 0 N–H and O–H groups in total. The van der Waals surface area contributed by atoms with E-state index in [9.17, 15) is 0 Å². The van der Waals surface area contributed by atoms with Gasteiger partial charge in [-0.2, -0.15) is 0 Å². The number of hydrogen-bond acceptors (Lipinski definition) is 4. The third-order valence-corrected chi connectivity index (χ3v) is 8.47. The molecule has 4 aromatic heterocycles. The fourth-order valence-corrected chi connectivity index (χ4v) is 6.64. The summed E-state index contributed by atoms with van der Waals surface area (Å²) in [5, 5.41) is 6.27. The van der Waals surface area contributed by atoms with Gasteiger partial charge in [0.1, 0.15) is 0 Å². The summed E-state index contributed by atoms with van der Waals surface area (Å²) in [6.07, 6.45) is 1.80. The predicted molar refractivity (Wildman–Crippen MR) is 164 cm³/mol. The summed E-state index contributed by atoms with van der Waals surface area (Å²) in [7, 11) is 0. The van der Waals surface area contributed by atoms with Crippen LogP contribution in [-0.4, -0.2) is 15.0 Å². The number of hydrogen-bond donors (Lipinski definition) is 0. The van der Waals surface area contributed by atoms with Gasteiger partial charge < -0.3 is 0 Å². The van der Waals surface area contributed by atoms with Crippen LogP contribution in [0.5, 0.6) is 0 Å². The summed E-state index contributed by atoms with van der Waals surface area (Å²) in [5.74, 6) is 0. The van der Waals surface area contributed by atoms with Crippen molar-refractivity contribution in [2.45, 2.75) is 0 Å². The maximum atomic E-state index is 5.18. The topological polar surface area (TPSA) is 38.7 Å². The lowest BCUT2D eigenvalue weighted by molar-refractivity contribution is 1.25. The van der Waals surface area contributed by atoms with Gasteiger partial charge in [0, 0.05) is 53.7 Å². The second-order valence-electron chi connectivity index (χ2n) is 9.64. The van der Waals surface area contributed by atoms with Crippen LogP contribution in [0.1, 0.15) is 0 Å². The van der Waals surface area contributed by atoms with E-state index in [2.05, 4.69) is 89.9 Å². The molecule has 0 fully saturated rings. The van der Waals surface area contributed by atoms with Crippen LogP contribution in [0.3, 0.4) is 0 Å². The Kier molecular flexibility index (Phi) is 5.00. The van der Waals surface area contributed by atoms with Gasteiger partial charge in [-0.25, -0.2) is 9.97 Å². The Labute approximate surface area is 229 Å². The first-order chi connectivity index (χ1) is 19.3. The van der Waals surface area contributed by atoms with Crippen LogP contribution in [0.2, 0.25) is 0 Å². The Balaban J connectivity index is 1.31. The van der Waals surface area contributed by atoms with Gasteiger partial charge in [-0.15, -0.1) is 11.3 Å². The first kappa shape index (κ1) is 22.1. The zero-order valence-electron chi connectivity index (χ0n) is 20.9. The molecule has 0 radical (unpaired) electrons. The van der Waals surface area contributed by atoms with E-state index in [1.807, 2.05) is 47.7 Å². The molecule has 0 saturated heterocycles. The third kappa shape index (κ3) is 3.61. The predicted octanol–water partition coefficient (Wildman–Crippen LogP) is 9.55. The summed E-state index contributed by atoms with van der Waals surface area (Å²) in [6.45, 7) is 0. The average Bonchev–Trinajstić information content (AvgIpc) is 3.40. The van der Waals surface area contributed by atoms with Gasteiger partial charge in [-0.1, -0.05) is 78.9 Å². The summed E-state index contributed by atoms with van der Waals surface area (Å²) in [5.41, 5.74) is 6.83. The van der Waals surface area contributed by atoms with Crippen molar-refractivity contribution >= 4 is 53.2 Å². The molecular formula is C35H21N3S. The van der Waals surface area contributed by atoms with Crippen LogP contribution in [-0.2, 0) is 0 Å². The van der Waals surface area contributed by atoms with Gasteiger partial charge in [0.05, 0.1) is 28.3 Å². The Hall–Kier alpha value is -4.93. The van der Waals surface area contributed by atoms with Crippen molar-refractivity contribution in [1.82, 2.24) is 15.0 Å². The molecule has 39 heavy (non-hydrogen) atoms. The van der Waals surface area contributed by atoms with Crippen LogP contribution in [0.15, 0.2) is 128 Å². The maximum absolute atomic E-state index is 5.18. The quantitative estimate of drug-likeness (QED) is 0.220. The largest absolute Gasteiger partial charge is 0.255 e. The van der Waals surface area contributed by atoms with Crippen molar-refractivity contribution in [2.75, 3.05) is 0 Å². The SMILES string of the molecule is c1ccc(-c2cccc(-c3ccc(-c4nc5ccccc5c5c4ccc4sc6ccccc6c45)cc3)n2)nc1. The first-order valence-corrected chi connectivity index (χ1v) is 13.8. The standard InChI is InChI=1S/C35H21N3S/c1-3-10-28-24(8-1)33-26(19-20-32-34(33)25-9-2-4-14-31(25)39-32)35(38-28)23-17-15-22(16-18-23)27-12-7-13-30(37-27)29-11-5-6-21-36-29/h1-21H. The molecule has 8 rings (SSSR count). The highest BCUT2D eigenvalue weighted by Crippen LogP contribution is 2.43. The Bertz CT molecular complexity index is 2160. The minimum atomic E-state index is 0.867. The van der Waals surface area contributed by atoms with E-state index in [0.717, 1.165) is 39.4 Å². The Morgan fingerprint density at radius 2 is 1.18 bits per heavy atom. The van der Waals surface area contributed by atoms with E-state index in [1.165, 1.54) is 36.3 Å². The average molecular weight is 516 g/mol. The highest BCUT2D eigenvalue weighted by Gasteiger charge is 2.16. The molecule has 0 saturated carbocycles. The van der Waals surface area contributed by atoms with Crippen molar-refractivity contribution in [3.8, 4) is 33.9 Å². The number of pyridine rings is 3. The Morgan fingerprint density at radius 1 is 0.436 bits per heavy atom. The van der Waals surface area contributed by atoms with E-state index in [0.29, 0.717) is 0 Å². The minimum Gasteiger partial charge on any atom is -0.255 e. The van der Waals surface area contributed by atoms with E-state index in [4.69, 9.17) is 9.97 Å². The van der Waals surface area contributed by atoms with Gasteiger partial charge in [-0.05, 0) is 42.5 Å². The normalized spacial score (nSPS) is 11.6. The summed E-state index contributed by atoms with van der Waals surface area (Å²) in [6, 6.07) is 42.3.